The molecule has 0 bridgehead atoms. The molecule has 0 unspecified atom stereocenters. The van der Waals surface area contributed by atoms with Gasteiger partial charge >= 0.3 is 0 Å². The molecule has 19 heavy (non-hydrogen) atoms. The summed E-state index contributed by atoms with van der Waals surface area (Å²) in [6, 6.07) is 12.3. The van der Waals surface area contributed by atoms with Crippen LogP contribution in [0, 0.1) is 17.4 Å². The molecule has 1 N–H and O–H groups in total. The second-order valence-electron chi connectivity index (χ2n) is 4.31. The Hall–Kier alpha value is -1.08. The predicted molar refractivity (Wildman–Crippen MR) is 85.9 cm³/mol. The number of nitrogens with one attached hydrogen (secondary N) is 1. The monoisotopic (exact) mass is 387 g/mol. The summed E-state index contributed by atoms with van der Waals surface area (Å²) >= 11 is 2.14. The summed E-state index contributed by atoms with van der Waals surface area (Å²) in [6.45, 7) is 3.86. The minimum absolute atomic E-state index is 0.272. The van der Waals surface area contributed by atoms with Gasteiger partial charge in [-0.3, -0.25) is 4.72 Å². The number of hydrogen-bond acceptors (Lipinski definition) is 2. The van der Waals surface area contributed by atoms with E-state index in [0.29, 0.717) is 5.69 Å². The normalized spacial score (nSPS) is 11.3. The van der Waals surface area contributed by atoms with Gasteiger partial charge in [-0.15, -0.1) is 0 Å². The highest BCUT2D eigenvalue weighted by atomic mass is 127. The van der Waals surface area contributed by atoms with Gasteiger partial charge in [0.05, 0.1) is 10.6 Å². The van der Waals surface area contributed by atoms with Gasteiger partial charge in [0.2, 0.25) is 0 Å². The standard InChI is InChI=1S/C14H14INO2S/c1-10-4-3-5-14(11(10)2)16-19(17,18)13-8-6-12(15)7-9-13/h3-9,16H,1-2H3. The molecule has 3 nitrogen and oxygen atoms in total. The second kappa shape index (κ2) is 5.50. The quantitative estimate of drug-likeness (QED) is 0.817. The van der Waals surface area contributed by atoms with E-state index in [1.807, 2.05) is 26.0 Å². The summed E-state index contributed by atoms with van der Waals surface area (Å²) in [6.07, 6.45) is 0. The first kappa shape index (κ1) is 14.3. The first-order valence-electron chi connectivity index (χ1n) is 5.75. The number of anilines is 1. The third-order valence-corrected chi connectivity index (χ3v) is 5.07. The molecule has 0 saturated carbocycles. The van der Waals surface area contributed by atoms with Crippen molar-refractivity contribution >= 4 is 38.3 Å². The first-order chi connectivity index (χ1) is 8.90. The average Bonchev–Trinajstić information content (AvgIpc) is 2.35. The smallest absolute Gasteiger partial charge is 0.261 e. The van der Waals surface area contributed by atoms with Crippen LogP contribution in [-0.4, -0.2) is 8.42 Å². The molecular formula is C14H14INO2S. The summed E-state index contributed by atoms with van der Waals surface area (Å²) < 4.78 is 28.2. The van der Waals surface area contributed by atoms with Gasteiger partial charge in [0.25, 0.3) is 10.0 Å². The topological polar surface area (TPSA) is 46.2 Å². The van der Waals surface area contributed by atoms with E-state index in [9.17, 15) is 8.42 Å². The highest BCUT2D eigenvalue weighted by molar-refractivity contribution is 14.1. The third-order valence-electron chi connectivity index (χ3n) is 2.97. The Morgan fingerprint density at radius 2 is 1.63 bits per heavy atom. The SMILES string of the molecule is Cc1cccc(NS(=O)(=O)c2ccc(I)cc2)c1C. The molecule has 0 aliphatic rings. The molecule has 0 aliphatic heterocycles. The molecule has 0 aliphatic carbocycles. The van der Waals surface area contributed by atoms with E-state index in [1.54, 1.807) is 30.3 Å². The van der Waals surface area contributed by atoms with Gasteiger partial charge in [0.1, 0.15) is 0 Å². The van der Waals surface area contributed by atoms with Crippen molar-refractivity contribution in [2.45, 2.75) is 18.7 Å². The van der Waals surface area contributed by atoms with Gasteiger partial charge in [0, 0.05) is 3.57 Å². The highest BCUT2D eigenvalue weighted by Gasteiger charge is 2.15. The summed E-state index contributed by atoms with van der Waals surface area (Å²) in [5.41, 5.74) is 2.62. The van der Waals surface area contributed by atoms with Crippen molar-refractivity contribution in [3.63, 3.8) is 0 Å². The van der Waals surface area contributed by atoms with E-state index < -0.39 is 10.0 Å². The molecule has 2 aromatic rings. The largest absolute Gasteiger partial charge is 0.279 e. The van der Waals surface area contributed by atoms with Gasteiger partial charge < -0.3 is 0 Å². The molecule has 0 radical (unpaired) electrons. The van der Waals surface area contributed by atoms with Crippen LogP contribution in [0.15, 0.2) is 47.4 Å². The van der Waals surface area contributed by atoms with Crippen molar-refractivity contribution in [3.05, 3.63) is 57.2 Å². The first-order valence-corrected chi connectivity index (χ1v) is 8.31. The van der Waals surface area contributed by atoms with Crippen molar-refractivity contribution in [2.75, 3.05) is 4.72 Å². The molecule has 0 aromatic heterocycles. The van der Waals surface area contributed by atoms with Gasteiger partial charge in [-0.2, -0.15) is 0 Å². The van der Waals surface area contributed by atoms with Crippen LogP contribution in [0.5, 0.6) is 0 Å². The number of hydrogen-bond donors (Lipinski definition) is 1. The zero-order valence-electron chi connectivity index (χ0n) is 10.6. The van der Waals surface area contributed by atoms with Crippen LogP contribution in [0.3, 0.4) is 0 Å². The fourth-order valence-corrected chi connectivity index (χ4v) is 3.16. The summed E-state index contributed by atoms with van der Waals surface area (Å²) in [4.78, 5) is 0.272. The van der Waals surface area contributed by atoms with E-state index in [4.69, 9.17) is 0 Å². The molecular weight excluding hydrogens is 373 g/mol. The van der Waals surface area contributed by atoms with Gasteiger partial charge in [0.15, 0.2) is 0 Å². The number of halogens is 1. The third kappa shape index (κ3) is 3.27. The molecule has 0 spiro atoms. The zero-order valence-corrected chi connectivity index (χ0v) is 13.6. The fraction of sp³-hybridized carbons (Fsp3) is 0.143. The summed E-state index contributed by atoms with van der Waals surface area (Å²) in [7, 11) is -3.52. The van der Waals surface area contributed by atoms with Gasteiger partial charge in [-0.1, -0.05) is 12.1 Å². The van der Waals surface area contributed by atoms with E-state index in [1.165, 1.54) is 0 Å². The Morgan fingerprint density at radius 1 is 1.00 bits per heavy atom. The van der Waals surface area contributed by atoms with Crippen LogP contribution < -0.4 is 4.72 Å². The molecule has 2 rings (SSSR count). The second-order valence-corrected chi connectivity index (χ2v) is 7.23. The van der Waals surface area contributed by atoms with Crippen LogP contribution in [-0.2, 0) is 10.0 Å². The maximum atomic E-state index is 12.3. The van der Waals surface area contributed by atoms with Crippen molar-refractivity contribution in [3.8, 4) is 0 Å². The molecule has 0 saturated heterocycles. The lowest BCUT2D eigenvalue weighted by atomic mass is 10.1. The molecule has 0 atom stereocenters. The Labute approximate surface area is 127 Å². The van der Waals surface area contributed by atoms with Gasteiger partial charge in [-0.25, -0.2) is 8.42 Å². The van der Waals surface area contributed by atoms with Crippen LogP contribution >= 0.6 is 22.6 Å². The van der Waals surface area contributed by atoms with Crippen LogP contribution in [0.4, 0.5) is 5.69 Å². The zero-order chi connectivity index (χ0) is 14.0. The van der Waals surface area contributed by atoms with Gasteiger partial charge in [-0.05, 0) is 77.9 Å². The number of benzene rings is 2. The predicted octanol–water partition coefficient (Wildman–Crippen LogP) is 3.71. The maximum Gasteiger partial charge on any atom is 0.261 e. The van der Waals surface area contributed by atoms with E-state index in [-0.39, 0.29) is 4.90 Å². The lowest BCUT2D eigenvalue weighted by Crippen LogP contribution is -2.14. The number of rotatable bonds is 3. The number of sulfonamides is 1. The lowest BCUT2D eigenvalue weighted by molar-refractivity contribution is 0.601. The Kier molecular flexibility index (Phi) is 4.15. The summed E-state index contributed by atoms with van der Waals surface area (Å²) in [5.74, 6) is 0. The Bertz CT molecular complexity index is 694. The van der Waals surface area contributed by atoms with Crippen molar-refractivity contribution < 1.29 is 8.42 Å². The van der Waals surface area contributed by atoms with Crippen LogP contribution in [0.2, 0.25) is 0 Å². The lowest BCUT2D eigenvalue weighted by Gasteiger charge is -2.12. The highest BCUT2D eigenvalue weighted by Crippen LogP contribution is 2.22. The van der Waals surface area contributed by atoms with Crippen molar-refractivity contribution in [2.24, 2.45) is 0 Å². The van der Waals surface area contributed by atoms with E-state index in [0.717, 1.165) is 14.7 Å². The molecule has 2 aromatic carbocycles. The molecule has 100 valence electrons. The Morgan fingerprint density at radius 3 is 2.26 bits per heavy atom. The van der Waals surface area contributed by atoms with Crippen LogP contribution in [0.1, 0.15) is 11.1 Å². The molecule has 5 heteroatoms. The minimum Gasteiger partial charge on any atom is -0.279 e. The van der Waals surface area contributed by atoms with Crippen molar-refractivity contribution in [1.29, 1.82) is 0 Å². The van der Waals surface area contributed by atoms with E-state index >= 15 is 0 Å². The fourth-order valence-electron chi connectivity index (χ4n) is 1.68. The Balaban J connectivity index is 2.36. The molecule has 0 fully saturated rings. The van der Waals surface area contributed by atoms with E-state index in [2.05, 4.69) is 27.3 Å². The molecule has 0 amide bonds. The maximum absolute atomic E-state index is 12.3. The summed E-state index contributed by atoms with van der Waals surface area (Å²) in [5, 5.41) is 0. The van der Waals surface area contributed by atoms with Crippen molar-refractivity contribution in [1.82, 2.24) is 0 Å². The minimum atomic E-state index is -3.52. The van der Waals surface area contributed by atoms with Crippen LogP contribution in [0.25, 0.3) is 0 Å². The number of aryl methyl sites for hydroxylation is 1. The average molecular weight is 387 g/mol. The molecule has 0 heterocycles.